The van der Waals surface area contributed by atoms with Crippen LogP contribution in [0.3, 0.4) is 0 Å². The molecule has 0 bridgehead atoms. The molecular formula is C10H11ClINO4S. The van der Waals surface area contributed by atoms with Gasteiger partial charge in [0, 0.05) is 3.57 Å². The monoisotopic (exact) mass is 403 g/mol. The van der Waals surface area contributed by atoms with E-state index in [4.69, 9.17) is 11.6 Å². The summed E-state index contributed by atoms with van der Waals surface area (Å²) in [6.07, 6.45) is -0.201. The van der Waals surface area contributed by atoms with E-state index in [0.717, 1.165) is 3.57 Å². The number of halogens is 2. The second-order valence-electron chi connectivity index (χ2n) is 3.37. The van der Waals surface area contributed by atoms with Crippen molar-refractivity contribution in [3.8, 4) is 0 Å². The lowest BCUT2D eigenvalue weighted by Crippen LogP contribution is -2.19. The Morgan fingerprint density at radius 2 is 2.17 bits per heavy atom. The highest BCUT2D eigenvalue weighted by atomic mass is 127. The number of carbonyl (C=O) groups excluding carboxylic acids is 1. The summed E-state index contributed by atoms with van der Waals surface area (Å²) in [5.41, 5.74) is 0.293. The van der Waals surface area contributed by atoms with Gasteiger partial charge in [0.05, 0.1) is 30.0 Å². The number of sulfonamides is 1. The fourth-order valence-electron chi connectivity index (χ4n) is 1.11. The Balaban J connectivity index is 2.73. The molecule has 1 N–H and O–H groups in total. The van der Waals surface area contributed by atoms with Crippen LogP contribution in [0.2, 0.25) is 5.02 Å². The van der Waals surface area contributed by atoms with Gasteiger partial charge in [-0.25, -0.2) is 8.42 Å². The van der Waals surface area contributed by atoms with E-state index >= 15 is 0 Å². The third-order valence-electron chi connectivity index (χ3n) is 2.00. The first-order chi connectivity index (χ1) is 8.34. The molecule has 0 aliphatic carbocycles. The average molecular weight is 404 g/mol. The van der Waals surface area contributed by atoms with Crippen LogP contribution in [0.25, 0.3) is 0 Å². The van der Waals surface area contributed by atoms with E-state index in [9.17, 15) is 13.2 Å². The molecule has 0 saturated heterocycles. The predicted octanol–water partition coefficient (Wildman–Crippen LogP) is 2.25. The van der Waals surface area contributed by atoms with Crippen LogP contribution in [0.4, 0.5) is 5.69 Å². The highest BCUT2D eigenvalue weighted by molar-refractivity contribution is 14.1. The summed E-state index contributed by atoms with van der Waals surface area (Å²) >= 11 is 7.97. The lowest BCUT2D eigenvalue weighted by atomic mass is 10.3. The molecule has 0 saturated carbocycles. The summed E-state index contributed by atoms with van der Waals surface area (Å²) in [5, 5.41) is 0.309. The van der Waals surface area contributed by atoms with E-state index in [2.05, 4.69) is 32.0 Å². The molecule has 0 aromatic heterocycles. The zero-order chi connectivity index (χ0) is 13.8. The van der Waals surface area contributed by atoms with Gasteiger partial charge >= 0.3 is 5.97 Å². The molecular weight excluding hydrogens is 393 g/mol. The molecule has 0 heterocycles. The Bertz CT molecular complexity index is 547. The van der Waals surface area contributed by atoms with Crippen molar-refractivity contribution in [2.75, 3.05) is 17.6 Å². The largest absolute Gasteiger partial charge is 0.469 e. The molecule has 0 atom stereocenters. The minimum absolute atomic E-state index is 0.201. The summed E-state index contributed by atoms with van der Waals surface area (Å²) in [5.74, 6) is -0.920. The SMILES string of the molecule is COC(=O)CCS(=O)(=O)Nc1ccc(I)cc1Cl. The fraction of sp³-hybridized carbons (Fsp3) is 0.300. The van der Waals surface area contributed by atoms with Gasteiger partial charge in [-0.1, -0.05) is 11.6 Å². The van der Waals surface area contributed by atoms with Gasteiger partial charge in [0.1, 0.15) is 0 Å². The summed E-state index contributed by atoms with van der Waals surface area (Å²) in [6, 6.07) is 4.94. The molecule has 1 aromatic carbocycles. The number of methoxy groups -OCH3 is 1. The molecule has 5 nitrogen and oxygen atoms in total. The second kappa shape index (κ2) is 6.58. The van der Waals surface area contributed by atoms with E-state index in [1.165, 1.54) is 7.11 Å². The minimum Gasteiger partial charge on any atom is -0.469 e. The van der Waals surface area contributed by atoms with E-state index in [1.54, 1.807) is 18.2 Å². The van der Waals surface area contributed by atoms with Gasteiger partial charge in [0.25, 0.3) is 0 Å². The number of carbonyl (C=O) groups is 1. The molecule has 0 aliphatic rings. The Labute approximate surface area is 124 Å². The number of esters is 1. The van der Waals surface area contributed by atoms with E-state index in [-0.39, 0.29) is 12.2 Å². The number of nitrogens with one attached hydrogen (secondary N) is 1. The maximum atomic E-state index is 11.7. The van der Waals surface area contributed by atoms with Crippen LogP contribution < -0.4 is 4.72 Å². The van der Waals surface area contributed by atoms with Crippen LogP contribution in [0, 0.1) is 3.57 Å². The van der Waals surface area contributed by atoms with Gasteiger partial charge in [-0.05, 0) is 40.8 Å². The van der Waals surface area contributed by atoms with Crippen LogP contribution in [-0.2, 0) is 19.6 Å². The molecule has 0 aliphatic heterocycles. The average Bonchev–Trinajstić information content (AvgIpc) is 2.30. The molecule has 0 radical (unpaired) electrons. The molecule has 8 heteroatoms. The Morgan fingerprint density at radius 1 is 1.50 bits per heavy atom. The summed E-state index contributed by atoms with van der Waals surface area (Å²) in [6.45, 7) is 0. The predicted molar refractivity (Wildman–Crippen MR) is 78.2 cm³/mol. The first kappa shape index (κ1) is 15.5. The van der Waals surface area contributed by atoms with Crippen molar-refractivity contribution >= 4 is 55.9 Å². The Kier molecular flexibility index (Phi) is 5.67. The summed E-state index contributed by atoms with van der Waals surface area (Å²) in [7, 11) is -2.41. The topological polar surface area (TPSA) is 72.5 Å². The molecule has 18 heavy (non-hydrogen) atoms. The molecule has 0 unspecified atom stereocenters. The second-order valence-corrected chi connectivity index (χ2v) is 6.87. The van der Waals surface area contributed by atoms with E-state index in [1.807, 2.05) is 0 Å². The Morgan fingerprint density at radius 3 is 2.72 bits per heavy atom. The van der Waals surface area contributed by atoms with Crippen LogP contribution in [0.1, 0.15) is 6.42 Å². The quantitative estimate of drug-likeness (QED) is 0.605. The zero-order valence-corrected chi connectivity index (χ0v) is 13.2. The number of ether oxygens (including phenoxy) is 1. The van der Waals surface area contributed by atoms with E-state index in [0.29, 0.717) is 10.7 Å². The third kappa shape index (κ3) is 4.99. The van der Waals surface area contributed by atoms with Crippen LogP contribution in [0.5, 0.6) is 0 Å². The van der Waals surface area contributed by atoms with Gasteiger partial charge < -0.3 is 4.74 Å². The number of hydrogen-bond acceptors (Lipinski definition) is 4. The molecule has 0 spiro atoms. The lowest BCUT2D eigenvalue weighted by molar-refractivity contribution is -0.140. The zero-order valence-electron chi connectivity index (χ0n) is 9.44. The molecule has 0 amide bonds. The maximum absolute atomic E-state index is 11.7. The maximum Gasteiger partial charge on any atom is 0.306 e. The van der Waals surface area contributed by atoms with Gasteiger partial charge in [-0.3, -0.25) is 9.52 Å². The van der Waals surface area contributed by atoms with Crippen molar-refractivity contribution in [1.29, 1.82) is 0 Å². The van der Waals surface area contributed by atoms with Crippen LogP contribution >= 0.6 is 34.2 Å². The highest BCUT2D eigenvalue weighted by Crippen LogP contribution is 2.24. The standard InChI is InChI=1S/C10H11ClINO4S/c1-17-10(14)4-5-18(15,16)13-9-3-2-7(12)6-8(9)11/h2-3,6,13H,4-5H2,1H3. The number of hydrogen-bond donors (Lipinski definition) is 1. The van der Waals surface area contributed by atoms with E-state index < -0.39 is 16.0 Å². The van der Waals surface area contributed by atoms with Crippen molar-refractivity contribution < 1.29 is 17.9 Å². The van der Waals surface area contributed by atoms with Gasteiger partial charge in [-0.2, -0.15) is 0 Å². The first-order valence-corrected chi connectivity index (χ1v) is 7.97. The Hall–Kier alpha value is -0.540. The highest BCUT2D eigenvalue weighted by Gasteiger charge is 2.15. The normalized spacial score (nSPS) is 11.1. The molecule has 1 aromatic rings. The summed E-state index contributed by atoms with van der Waals surface area (Å²) < 4.78 is 31.0. The van der Waals surface area contributed by atoms with Crippen molar-refractivity contribution in [3.05, 3.63) is 26.8 Å². The first-order valence-electron chi connectivity index (χ1n) is 4.86. The van der Waals surface area contributed by atoms with Gasteiger partial charge in [0.15, 0.2) is 0 Å². The minimum atomic E-state index is -3.61. The number of rotatable bonds is 5. The third-order valence-corrected chi connectivity index (χ3v) is 4.26. The molecule has 0 fully saturated rings. The number of anilines is 1. The fourth-order valence-corrected chi connectivity index (χ4v) is 3.12. The molecule has 100 valence electrons. The van der Waals surface area contributed by atoms with Gasteiger partial charge in [0.2, 0.25) is 10.0 Å². The molecule has 1 rings (SSSR count). The van der Waals surface area contributed by atoms with Crippen molar-refractivity contribution in [2.24, 2.45) is 0 Å². The lowest BCUT2D eigenvalue weighted by Gasteiger charge is -2.09. The summed E-state index contributed by atoms with van der Waals surface area (Å²) in [4.78, 5) is 10.9. The van der Waals surface area contributed by atoms with Crippen LogP contribution in [0.15, 0.2) is 18.2 Å². The smallest absolute Gasteiger partial charge is 0.306 e. The van der Waals surface area contributed by atoms with Gasteiger partial charge in [-0.15, -0.1) is 0 Å². The van der Waals surface area contributed by atoms with Crippen LogP contribution in [-0.4, -0.2) is 27.2 Å². The van der Waals surface area contributed by atoms with Crippen molar-refractivity contribution in [1.82, 2.24) is 0 Å². The van der Waals surface area contributed by atoms with Crippen molar-refractivity contribution in [2.45, 2.75) is 6.42 Å². The van der Waals surface area contributed by atoms with Crippen molar-refractivity contribution in [3.63, 3.8) is 0 Å². The number of benzene rings is 1.